The highest BCUT2D eigenvalue weighted by atomic mass is 32.2. The SMILES string of the molecule is COc1cc(S(=O)(=O)N/N=C/c2ccco2)c(OC)cc1NC(C)=O. The fraction of sp³-hybridized carbons (Fsp3) is 0.200. The summed E-state index contributed by atoms with van der Waals surface area (Å²) in [7, 11) is -1.38. The van der Waals surface area contributed by atoms with Crippen molar-refractivity contribution in [1.29, 1.82) is 0 Å². The van der Waals surface area contributed by atoms with Gasteiger partial charge in [-0.3, -0.25) is 4.79 Å². The largest absolute Gasteiger partial charge is 0.495 e. The van der Waals surface area contributed by atoms with Gasteiger partial charge in [-0.2, -0.15) is 18.4 Å². The fourth-order valence-electron chi connectivity index (χ4n) is 1.94. The lowest BCUT2D eigenvalue weighted by Crippen LogP contribution is -2.19. The second-order valence-electron chi connectivity index (χ2n) is 4.75. The first-order chi connectivity index (χ1) is 11.9. The number of anilines is 1. The molecule has 10 heteroatoms. The Balaban J connectivity index is 2.36. The predicted octanol–water partition coefficient (Wildman–Crippen LogP) is 1.57. The Morgan fingerprint density at radius 2 is 1.96 bits per heavy atom. The minimum atomic E-state index is -4.04. The number of methoxy groups -OCH3 is 2. The Morgan fingerprint density at radius 1 is 1.24 bits per heavy atom. The number of furan rings is 1. The standard InChI is InChI=1S/C15H17N3O6S/c1-10(19)17-12-7-14(23-3)15(8-13(12)22-2)25(20,21)18-16-9-11-5-4-6-24-11/h4-9,18H,1-3H3,(H,17,19)/b16-9+. The van der Waals surface area contributed by atoms with E-state index in [2.05, 4.69) is 15.2 Å². The number of nitrogens with one attached hydrogen (secondary N) is 2. The Hall–Kier alpha value is -3.01. The predicted molar refractivity (Wildman–Crippen MR) is 90.5 cm³/mol. The van der Waals surface area contributed by atoms with Crippen LogP contribution in [-0.4, -0.2) is 34.8 Å². The van der Waals surface area contributed by atoms with Crippen molar-refractivity contribution in [2.75, 3.05) is 19.5 Å². The van der Waals surface area contributed by atoms with Crippen molar-refractivity contribution >= 4 is 27.8 Å². The van der Waals surface area contributed by atoms with Crippen LogP contribution >= 0.6 is 0 Å². The van der Waals surface area contributed by atoms with E-state index < -0.39 is 10.0 Å². The monoisotopic (exact) mass is 367 g/mol. The molecule has 25 heavy (non-hydrogen) atoms. The summed E-state index contributed by atoms with van der Waals surface area (Å²) >= 11 is 0. The molecule has 0 aliphatic carbocycles. The number of ether oxygens (including phenoxy) is 2. The number of amides is 1. The molecule has 0 fully saturated rings. The molecule has 134 valence electrons. The zero-order valence-corrected chi connectivity index (χ0v) is 14.6. The van der Waals surface area contributed by atoms with Crippen LogP contribution in [-0.2, 0) is 14.8 Å². The lowest BCUT2D eigenvalue weighted by molar-refractivity contribution is -0.114. The molecule has 2 N–H and O–H groups in total. The van der Waals surface area contributed by atoms with Gasteiger partial charge in [0.05, 0.1) is 32.4 Å². The van der Waals surface area contributed by atoms with Crippen LogP contribution < -0.4 is 19.6 Å². The summed E-state index contributed by atoms with van der Waals surface area (Å²) in [4.78, 5) is 13.1. The van der Waals surface area contributed by atoms with Crippen LogP contribution in [0.3, 0.4) is 0 Å². The maximum absolute atomic E-state index is 12.5. The molecular formula is C15H17N3O6S. The molecule has 9 nitrogen and oxygen atoms in total. The molecule has 0 saturated heterocycles. The normalized spacial score (nSPS) is 11.3. The minimum absolute atomic E-state index is 0.0187. The van der Waals surface area contributed by atoms with Gasteiger partial charge in [0.15, 0.2) is 0 Å². The average Bonchev–Trinajstić information content (AvgIpc) is 3.07. The minimum Gasteiger partial charge on any atom is -0.495 e. The van der Waals surface area contributed by atoms with Crippen LogP contribution in [0.4, 0.5) is 5.69 Å². The Morgan fingerprint density at radius 3 is 2.52 bits per heavy atom. The van der Waals surface area contributed by atoms with Crippen LogP contribution in [0.15, 0.2) is 44.9 Å². The lowest BCUT2D eigenvalue weighted by atomic mass is 10.2. The van der Waals surface area contributed by atoms with E-state index in [1.165, 1.54) is 45.8 Å². The Labute approximate surface area is 144 Å². The molecule has 1 aromatic heterocycles. The van der Waals surface area contributed by atoms with Gasteiger partial charge in [0, 0.05) is 19.1 Å². The summed E-state index contributed by atoms with van der Waals surface area (Å²) in [5.74, 6) is 0.224. The number of nitrogens with zero attached hydrogens (tertiary/aromatic N) is 1. The van der Waals surface area contributed by atoms with Gasteiger partial charge < -0.3 is 19.2 Å². The second-order valence-corrected chi connectivity index (χ2v) is 6.38. The van der Waals surface area contributed by atoms with E-state index in [0.717, 1.165) is 0 Å². The smallest absolute Gasteiger partial charge is 0.280 e. The molecule has 0 spiro atoms. The van der Waals surface area contributed by atoms with Crippen molar-refractivity contribution in [1.82, 2.24) is 4.83 Å². The van der Waals surface area contributed by atoms with Gasteiger partial charge in [0.25, 0.3) is 10.0 Å². The van der Waals surface area contributed by atoms with Crippen LogP contribution in [0.2, 0.25) is 0 Å². The maximum Gasteiger partial charge on any atom is 0.280 e. The third-order valence-corrected chi connectivity index (χ3v) is 4.24. The van der Waals surface area contributed by atoms with E-state index in [1.54, 1.807) is 12.1 Å². The van der Waals surface area contributed by atoms with Crippen LogP contribution in [0.25, 0.3) is 0 Å². The van der Waals surface area contributed by atoms with Gasteiger partial charge in [-0.15, -0.1) is 0 Å². The van der Waals surface area contributed by atoms with Crippen molar-refractivity contribution in [2.45, 2.75) is 11.8 Å². The van der Waals surface area contributed by atoms with E-state index in [-0.39, 0.29) is 28.0 Å². The van der Waals surface area contributed by atoms with Crippen molar-refractivity contribution in [3.05, 3.63) is 36.3 Å². The summed E-state index contributed by atoms with van der Waals surface area (Å²) in [5, 5.41) is 6.18. The summed E-state index contributed by atoms with van der Waals surface area (Å²) in [6.07, 6.45) is 2.65. The van der Waals surface area contributed by atoms with Gasteiger partial charge in [-0.05, 0) is 12.1 Å². The quantitative estimate of drug-likeness (QED) is 0.566. The van der Waals surface area contributed by atoms with E-state index in [9.17, 15) is 13.2 Å². The molecular weight excluding hydrogens is 350 g/mol. The average molecular weight is 367 g/mol. The van der Waals surface area contributed by atoms with Gasteiger partial charge in [-0.25, -0.2) is 0 Å². The third kappa shape index (κ3) is 4.51. The molecule has 1 aromatic carbocycles. The number of sulfonamides is 1. The molecule has 0 unspecified atom stereocenters. The molecule has 1 amide bonds. The van der Waals surface area contributed by atoms with E-state index >= 15 is 0 Å². The zero-order chi connectivity index (χ0) is 18.4. The van der Waals surface area contributed by atoms with E-state index in [1.807, 2.05) is 0 Å². The molecule has 2 rings (SSSR count). The summed E-state index contributed by atoms with van der Waals surface area (Å²) in [6, 6.07) is 5.84. The number of hydrogen-bond donors (Lipinski definition) is 2. The summed E-state index contributed by atoms with van der Waals surface area (Å²) < 4.78 is 40.2. The van der Waals surface area contributed by atoms with Crippen molar-refractivity contribution in [3.63, 3.8) is 0 Å². The van der Waals surface area contributed by atoms with E-state index in [0.29, 0.717) is 5.76 Å². The van der Waals surface area contributed by atoms with Gasteiger partial charge >= 0.3 is 0 Å². The second kappa shape index (κ2) is 7.71. The number of hydrazone groups is 1. The molecule has 0 saturated carbocycles. The highest BCUT2D eigenvalue weighted by Gasteiger charge is 2.22. The number of hydrogen-bond acceptors (Lipinski definition) is 7. The third-order valence-electron chi connectivity index (χ3n) is 2.99. The van der Waals surface area contributed by atoms with E-state index in [4.69, 9.17) is 13.9 Å². The Bertz CT molecular complexity index is 875. The lowest BCUT2D eigenvalue weighted by Gasteiger charge is -2.14. The molecule has 0 atom stereocenters. The highest BCUT2D eigenvalue weighted by molar-refractivity contribution is 7.89. The van der Waals surface area contributed by atoms with Gasteiger partial charge in [-0.1, -0.05) is 0 Å². The number of rotatable bonds is 7. The summed E-state index contributed by atoms with van der Waals surface area (Å²) in [5.41, 5.74) is 0.282. The first kappa shape index (κ1) is 18.3. The molecule has 0 aliphatic rings. The zero-order valence-electron chi connectivity index (χ0n) is 13.8. The van der Waals surface area contributed by atoms with Crippen molar-refractivity contribution in [2.24, 2.45) is 5.10 Å². The fourth-order valence-corrected chi connectivity index (χ4v) is 2.90. The van der Waals surface area contributed by atoms with Crippen molar-refractivity contribution in [3.8, 4) is 11.5 Å². The maximum atomic E-state index is 12.5. The first-order valence-electron chi connectivity index (χ1n) is 6.99. The number of benzene rings is 1. The van der Waals surface area contributed by atoms with Crippen LogP contribution in [0, 0.1) is 0 Å². The first-order valence-corrected chi connectivity index (χ1v) is 8.47. The highest BCUT2D eigenvalue weighted by Crippen LogP contribution is 2.35. The summed E-state index contributed by atoms with van der Waals surface area (Å²) in [6.45, 7) is 1.32. The molecule has 2 aromatic rings. The van der Waals surface area contributed by atoms with Gasteiger partial charge in [0.2, 0.25) is 5.91 Å². The molecule has 1 heterocycles. The number of carbonyl (C=O) groups excluding carboxylic acids is 1. The van der Waals surface area contributed by atoms with Gasteiger partial charge in [0.1, 0.15) is 22.2 Å². The number of carbonyl (C=O) groups is 1. The topological polar surface area (TPSA) is 119 Å². The van der Waals surface area contributed by atoms with Crippen LogP contribution in [0.1, 0.15) is 12.7 Å². The molecule has 0 aliphatic heterocycles. The molecule has 0 radical (unpaired) electrons. The van der Waals surface area contributed by atoms with Crippen LogP contribution in [0.5, 0.6) is 11.5 Å². The molecule has 0 bridgehead atoms. The van der Waals surface area contributed by atoms with Crippen molar-refractivity contribution < 1.29 is 27.1 Å². The Kier molecular flexibility index (Phi) is 5.65.